The molecule has 1 aliphatic rings. The number of carbonyl (C=O) groups excluding carboxylic acids is 1. The molecule has 4 rings (SSSR count). The lowest BCUT2D eigenvalue weighted by Crippen LogP contribution is -2.05. The third-order valence-corrected chi connectivity index (χ3v) is 5.87. The van der Waals surface area contributed by atoms with E-state index < -0.39 is 5.97 Å². The van der Waals surface area contributed by atoms with Crippen LogP contribution in [0.5, 0.6) is 11.5 Å². The minimum absolute atomic E-state index is 0.0616. The average molecular weight is 608 g/mol. The van der Waals surface area contributed by atoms with Gasteiger partial charge in [0, 0.05) is 15.6 Å². The average Bonchev–Trinajstić information content (AvgIpc) is 3.14. The van der Waals surface area contributed by atoms with E-state index in [9.17, 15) is 9.18 Å². The van der Waals surface area contributed by atoms with E-state index in [1.807, 2.05) is 30.3 Å². The van der Waals surface area contributed by atoms with Gasteiger partial charge in [-0.2, -0.15) is 0 Å². The van der Waals surface area contributed by atoms with Crippen molar-refractivity contribution < 1.29 is 23.4 Å². The Morgan fingerprint density at radius 2 is 1.97 bits per heavy atom. The molecule has 0 unspecified atom stereocenters. The number of aliphatic imine (C=N–C) groups is 1. The monoisotopic (exact) mass is 607 g/mol. The van der Waals surface area contributed by atoms with Gasteiger partial charge in [-0.3, -0.25) is 0 Å². The second-order valence-electron chi connectivity index (χ2n) is 6.76. The van der Waals surface area contributed by atoms with E-state index >= 15 is 0 Å². The fourth-order valence-corrected chi connectivity index (χ4v) is 4.22. The first-order chi connectivity index (χ1) is 15.4. The third-order valence-electron chi connectivity index (χ3n) is 4.58. The van der Waals surface area contributed by atoms with Crippen LogP contribution >= 0.6 is 38.5 Å². The second kappa shape index (κ2) is 9.83. The molecule has 0 aromatic heterocycles. The molecule has 0 bridgehead atoms. The lowest BCUT2D eigenvalue weighted by Gasteiger charge is -2.14. The topological polar surface area (TPSA) is 57.1 Å². The number of benzene rings is 3. The van der Waals surface area contributed by atoms with Crippen molar-refractivity contribution in [3.8, 4) is 11.5 Å². The maximum Gasteiger partial charge on any atom is 0.363 e. The molecular formula is C24H16BrFINO4. The number of hydrogen-bond acceptors (Lipinski definition) is 5. The Balaban J connectivity index is 1.60. The highest BCUT2D eigenvalue weighted by molar-refractivity contribution is 14.1. The molecule has 5 nitrogen and oxygen atoms in total. The fraction of sp³-hybridized carbons (Fsp3) is 0.0833. The summed E-state index contributed by atoms with van der Waals surface area (Å²) in [4.78, 5) is 16.7. The van der Waals surface area contributed by atoms with Crippen molar-refractivity contribution in [2.45, 2.75) is 6.61 Å². The Morgan fingerprint density at radius 3 is 2.72 bits per heavy atom. The number of rotatable bonds is 6. The van der Waals surface area contributed by atoms with Gasteiger partial charge < -0.3 is 14.2 Å². The predicted octanol–water partition coefficient (Wildman–Crippen LogP) is 6.12. The summed E-state index contributed by atoms with van der Waals surface area (Å²) in [7, 11) is 1.52. The molecule has 0 fully saturated rings. The van der Waals surface area contributed by atoms with Crippen molar-refractivity contribution in [1.82, 2.24) is 0 Å². The van der Waals surface area contributed by atoms with Gasteiger partial charge in [0.05, 0.1) is 10.7 Å². The number of methoxy groups -OCH3 is 1. The Hall–Kier alpha value is -2.72. The van der Waals surface area contributed by atoms with Crippen LogP contribution in [-0.4, -0.2) is 19.0 Å². The maximum atomic E-state index is 13.9. The maximum absolute atomic E-state index is 13.9. The van der Waals surface area contributed by atoms with Crippen LogP contribution in [0.1, 0.15) is 16.7 Å². The number of hydrogen-bond donors (Lipinski definition) is 0. The standard InChI is InChI=1S/C24H16BrFINO4/c1-30-21-11-14(9-19(27)22(21)31-13-16-5-2-3-8-18(16)26)10-20-24(29)32-23(28-20)15-6-4-7-17(25)12-15/h2-12H,13H2,1H3/b20-10-. The van der Waals surface area contributed by atoms with Crippen LogP contribution in [0, 0.1) is 9.39 Å². The van der Waals surface area contributed by atoms with E-state index in [1.165, 1.54) is 13.2 Å². The third kappa shape index (κ3) is 5.02. The highest BCUT2D eigenvalue weighted by Gasteiger charge is 2.24. The van der Waals surface area contributed by atoms with Crippen molar-refractivity contribution >= 4 is 56.5 Å². The molecule has 32 heavy (non-hydrogen) atoms. The molecule has 8 heteroatoms. The fourth-order valence-electron chi connectivity index (χ4n) is 3.04. The van der Waals surface area contributed by atoms with Gasteiger partial charge in [-0.1, -0.05) is 40.2 Å². The van der Waals surface area contributed by atoms with E-state index in [2.05, 4.69) is 43.5 Å². The minimum Gasteiger partial charge on any atom is -0.493 e. The molecule has 1 heterocycles. The van der Waals surface area contributed by atoms with E-state index in [0.717, 1.165) is 8.04 Å². The zero-order valence-corrected chi connectivity index (χ0v) is 20.5. The van der Waals surface area contributed by atoms with Gasteiger partial charge in [0.2, 0.25) is 5.90 Å². The number of cyclic esters (lactones) is 1. The summed E-state index contributed by atoms with van der Waals surface area (Å²) in [6.45, 7) is 0.0616. The minimum atomic E-state index is -0.533. The molecule has 3 aromatic rings. The number of carbonyl (C=O) groups is 1. The SMILES string of the molecule is COc1cc(/C=C2\N=C(c3cccc(Br)c3)OC2=O)cc(I)c1OCc1ccccc1F. The second-order valence-corrected chi connectivity index (χ2v) is 8.84. The first-order valence-electron chi connectivity index (χ1n) is 9.47. The smallest absolute Gasteiger partial charge is 0.363 e. The molecule has 3 aromatic carbocycles. The van der Waals surface area contributed by atoms with Crippen LogP contribution in [0.4, 0.5) is 4.39 Å². The molecule has 0 aliphatic carbocycles. The summed E-state index contributed by atoms with van der Waals surface area (Å²) in [6.07, 6.45) is 1.62. The Morgan fingerprint density at radius 1 is 1.16 bits per heavy atom. The van der Waals surface area contributed by atoms with Crippen molar-refractivity contribution in [3.63, 3.8) is 0 Å². The van der Waals surface area contributed by atoms with Gasteiger partial charge in [-0.05, 0) is 70.6 Å². The van der Waals surface area contributed by atoms with Crippen LogP contribution in [0.15, 0.2) is 75.8 Å². The first kappa shape index (κ1) is 22.5. The molecule has 0 N–H and O–H groups in total. The molecular weight excluding hydrogens is 592 g/mol. The van der Waals surface area contributed by atoms with Gasteiger partial charge in [0.25, 0.3) is 0 Å². The Labute approximate surface area is 206 Å². The number of esters is 1. The molecule has 0 radical (unpaired) electrons. The Kier molecular flexibility index (Phi) is 6.90. The van der Waals surface area contributed by atoms with Gasteiger partial charge >= 0.3 is 5.97 Å². The van der Waals surface area contributed by atoms with E-state index in [1.54, 1.807) is 30.3 Å². The molecule has 1 aliphatic heterocycles. The summed E-state index contributed by atoms with van der Waals surface area (Å²) in [5.41, 5.74) is 2.01. The van der Waals surface area contributed by atoms with Gasteiger partial charge in [0.15, 0.2) is 17.2 Å². The summed E-state index contributed by atoms with van der Waals surface area (Å²) in [6, 6.07) is 17.3. The summed E-state index contributed by atoms with van der Waals surface area (Å²) < 4.78 is 32.1. The highest BCUT2D eigenvalue weighted by Crippen LogP contribution is 2.35. The number of nitrogens with zero attached hydrogens (tertiary/aromatic N) is 1. The van der Waals surface area contributed by atoms with Crippen LogP contribution in [-0.2, 0) is 16.1 Å². The van der Waals surface area contributed by atoms with Crippen LogP contribution in [0.2, 0.25) is 0 Å². The molecule has 162 valence electrons. The van der Waals surface area contributed by atoms with Gasteiger partial charge in [0.1, 0.15) is 12.4 Å². The highest BCUT2D eigenvalue weighted by atomic mass is 127. The van der Waals surface area contributed by atoms with E-state index in [4.69, 9.17) is 14.2 Å². The largest absolute Gasteiger partial charge is 0.493 e. The Bertz CT molecular complexity index is 1260. The number of halogens is 3. The molecule has 0 atom stereocenters. The van der Waals surface area contributed by atoms with Crippen molar-refractivity contribution in [1.29, 1.82) is 0 Å². The zero-order chi connectivity index (χ0) is 22.7. The van der Waals surface area contributed by atoms with Crippen molar-refractivity contribution in [3.05, 3.63) is 96.9 Å². The van der Waals surface area contributed by atoms with E-state index in [-0.39, 0.29) is 24.0 Å². The normalized spacial score (nSPS) is 14.3. The van der Waals surface area contributed by atoms with Crippen molar-refractivity contribution in [2.75, 3.05) is 7.11 Å². The molecule has 0 spiro atoms. The van der Waals surface area contributed by atoms with Crippen LogP contribution in [0.3, 0.4) is 0 Å². The summed E-state index contributed by atoms with van der Waals surface area (Å²) in [5.74, 6) is 0.332. The molecule has 0 saturated heterocycles. The first-order valence-corrected chi connectivity index (χ1v) is 11.3. The quantitative estimate of drug-likeness (QED) is 0.192. The number of ether oxygens (including phenoxy) is 3. The lowest BCUT2D eigenvalue weighted by atomic mass is 10.1. The summed E-state index contributed by atoms with van der Waals surface area (Å²) >= 11 is 5.51. The van der Waals surface area contributed by atoms with Gasteiger partial charge in [-0.15, -0.1) is 0 Å². The van der Waals surface area contributed by atoms with E-state index in [0.29, 0.717) is 28.2 Å². The molecule has 0 saturated carbocycles. The van der Waals surface area contributed by atoms with Gasteiger partial charge in [-0.25, -0.2) is 14.2 Å². The zero-order valence-electron chi connectivity index (χ0n) is 16.8. The van der Waals surface area contributed by atoms with Crippen LogP contribution in [0.25, 0.3) is 6.08 Å². The van der Waals surface area contributed by atoms with Crippen molar-refractivity contribution in [2.24, 2.45) is 4.99 Å². The lowest BCUT2D eigenvalue weighted by molar-refractivity contribution is -0.129. The summed E-state index contributed by atoms with van der Waals surface area (Å²) in [5, 5.41) is 0. The van der Waals surface area contributed by atoms with Crippen LogP contribution < -0.4 is 9.47 Å². The molecule has 0 amide bonds. The predicted molar refractivity (Wildman–Crippen MR) is 131 cm³/mol.